The predicted octanol–water partition coefficient (Wildman–Crippen LogP) is 2.52. The zero-order chi connectivity index (χ0) is 19.2. The summed E-state index contributed by atoms with van der Waals surface area (Å²) in [6, 6.07) is 5.04. The van der Waals surface area contributed by atoms with Gasteiger partial charge in [0.25, 0.3) is 0 Å². The van der Waals surface area contributed by atoms with E-state index in [-0.39, 0.29) is 18.0 Å². The van der Waals surface area contributed by atoms with E-state index in [2.05, 4.69) is 5.32 Å². The van der Waals surface area contributed by atoms with Crippen LogP contribution in [0.25, 0.3) is 0 Å². The number of methoxy groups -OCH3 is 1. The molecule has 0 saturated carbocycles. The minimum absolute atomic E-state index is 0.0947. The number of esters is 1. The number of aldehydes is 1. The van der Waals surface area contributed by atoms with Gasteiger partial charge in [-0.1, -0.05) is 12.1 Å². The number of benzene rings is 1. The molecule has 1 saturated heterocycles. The minimum Gasteiger partial charge on any atom is -0.468 e. The predicted molar refractivity (Wildman–Crippen MR) is 92.9 cm³/mol. The number of carbonyl (C=O) groups is 2. The fourth-order valence-corrected chi connectivity index (χ4v) is 3.15. The van der Waals surface area contributed by atoms with E-state index in [0.717, 1.165) is 6.29 Å². The van der Waals surface area contributed by atoms with Crippen molar-refractivity contribution in [1.29, 1.82) is 0 Å². The van der Waals surface area contributed by atoms with Crippen LogP contribution in [0.1, 0.15) is 44.7 Å². The highest BCUT2D eigenvalue weighted by atomic mass is 19.1. The zero-order valence-corrected chi connectivity index (χ0v) is 15.4. The first-order chi connectivity index (χ1) is 12.3. The van der Waals surface area contributed by atoms with Gasteiger partial charge < -0.3 is 24.3 Å². The third-order valence-corrected chi connectivity index (χ3v) is 4.24. The maximum absolute atomic E-state index is 13.1. The Bertz CT molecular complexity index is 604. The standard InChI is InChI=1S/C19H26FNO5/c1-19(2)25-15(12-16(26-19)9-11-22)8-10-21-17(18(23)24-3)13-4-6-14(20)7-5-13/h4-7,11,15-17,21H,8-10,12H2,1-3H3. The first-order valence-corrected chi connectivity index (χ1v) is 8.70. The van der Waals surface area contributed by atoms with Gasteiger partial charge >= 0.3 is 5.97 Å². The van der Waals surface area contributed by atoms with Crippen molar-refractivity contribution < 1.29 is 28.2 Å². The van der Waals surface area contributed by atoms with Gasteiger partial charge in [0.15, 0.2) is 5.79 Å². The first-order valence-electron chi connectivity index (χ1n) is 8.70. The number of rotatable bonds is 8. The zero-order valence-electron chi connectivity index (χ0n) is 15.4. The number of halogens is 1. The Morgan fingerprint density at radius 2 is 2.00 bits per heavy atom. The number of nitrogens with one attached hydrogen (secondary N) is 1. The molecule has 6 nitrogen and oxygen atoms in total. The Morgan fingerprint density at radius 3 is 2.62 bits per heavy atom. The monoisotopic (exact) mass is 367 g/mol. The second-order valence-electron chi connectivity index (χ2n) is 6.77. The van der Waals surface area contributed by atoms with Crippen LogP contribution in [0.4, 0.5) is 4.39 Å². The summed E-state index contributed by atoms with van der Waals surface area (Å²) in [5, 5.41) is 3.14. The lowest BCUT2D eigenvalue weighted by molar-refractivity contribution is -0.299. The molecule has 0 spiro atoms. The quantitative estimate of drug-likeness (QED) is 0.562. The van der Waals surface area contributed by atoms with Crippen molar-refractivity contribution in [2.45, 2.75) is 57.1 Å². The highest BCUT2D eigenvalue weighted by Gasteiger charge is 2.35. The molecule has 1 aliphatic rings. The van der Waals surface area contributed by atoms with Crippen molar-refractivity contribution in [2.24, 2.45) is 0 Å². The van der Waals surface area contributed by atoms with Crippen molar-refractivity contribution in [3.63, 3.8) is 0 Å². The largest absolute Gasteiger partial charge is 0.468 e. The lowest BCUT2D eigenvalue weighted by Crippen LogP contribution is -2.45. The second kappa shape index (κ2) is 9.21. The molecule has 0 aliphatic carbocycles. The Balaban J connectivity index is 1.95. The smallest absolute Gasteiger partial charge is 0.327 e. The van der Waals surface area contributed by atoms with Crippen LogP contribution in [0, 0.1) is 5.82 Å². The van der Waals surface area contributed by atoms with Gasteiger partial charge in [0, 0.05) is 12.8 Å². The van der Waals surface area contributed by atoms with E-state index in [0.29, 0.717) is 31.4 Å². The van der Waals surface area contributed by atoms with Crippen molar-refractivity contribution in [2.75, 3.05) is 13.7 Å². The molecule has 7 heteroatoms. The van der Waals surface area contributed by atoms with Crippen LogP contribution in [-0.4, -0.2) is 43.9 Å². The van der Waals surface area contributed by atoms with Crippen molar-refractivity contribution in [3.8, 4) is 0 Å². The van der Waals surface area contributed by atoms with Crippen molar-refractivity contribution >= 4 is 12.3 Å². The molecular weight excluding hydrogens is 341 g/mol. The van der Waals surface area contributed by atoms with Crippen molar-refractivity contribution in [3.05, 3.63) is 35.6 Å². The van der Waals surface area contributed by atoms with E-state index in [9.17, 15) is 14.0 Å². The normalized spacial score (nSPS) is 23.2. The molecule has 3 atom stereocenters. The molecule has 26 heavy (non-hydrogen) atoms. The molecule has 1 fully saturated rings. The number of carbonyl (C=O) groups excluding carboxylic acids is 2. The molecule has 1 aromatic rings. The highest BCUT2D eigenvalue weighted by molar-refractivity contribution is 5.77. The molecular formula is C19H26FNO5. The van der Waals surface area contributed by atoms with Crippen LogP contribution < -0.4 is 5.32 Å². The van der Waals surface area contributed by atoms with Crippen LogP contribution in [-0.2, 0) is 23.8 Å². The molecule has 2 rings (SSSR count). The Morgan fingerprint density at radius 1 is 1.35 bits per heavy atom. The van der Waals surface area contributed by atoms with E-state index < -0.39 is 17.8 Å². The molecule has 3 unspecified atom stereocenters. The number of ether oxygens (including phenoxy) is 3. The summed E-state index contributed by atoms with van der Waals surface area (Å²) in [5.74, 6) is -1.56. The van der Waals surface area contributed by atoms with Gasteiger partial charge in [-0.2, -0.15) is 0 Å². The molecule has 0 amide bonds. The number of hydrogen-bond acceptors (Lipinski definition) is 6. The Hall–Kier alpha value is -1.83. The summed E-state index contributed by atoms with van der Waals surface area (Å²) >= 11 is 0. The third kappa shape index (κ3) is 5.86. The Labute approximate surface area is 153 Å². The maximum atomic E-state index is 13.1. The van der Waals surface area contributed by atoms with E-state index in [1.54, 1.807) is 12.1 Å². The van der Waals surface area contributed by atoms with Crippen LogP contribution in [0.5, 0.6) is 0 Å². The summed E-state index contributed by atoms with van der Waals surface area (Å²) in [6.45, 7) is 4.13. The molecule has 1 N–H and O–H groups in total. The summed E-state index contributed by atoms with van der Waals surface area (Å²) < 4.78 is 29.6. The van der Waals surface area contributed by atoms with Gasteiger partial charge in [-0.05, 0) is 44.5 Å². The van der Waals surface area contributed by atoms with Crippen LogP contribution in [0.3, 0.4) is 0 Å². The summed E-state index contributed by atoms with van der Waals surface area (Å²) in [4.78, 5) is 22.8. The van der Waals surface area contributed by atoms with Crippen LogP contribution in [0.15, 0.2) is 24.3 Å². The average Bonchev–Trinajstić information content (AvgIpc) is 2.58. The van der Waals surface area contributed by atoms with Gasteiger partial charge in [-0.15, -0.1) is 0 Å². The molecule has 1 aliphatic heterocycles. The second-order valence-corrected chi connectivity index (χ2v) is 6.77. The summed E-state index contributed by atoms with van der Waals surface area (Å²) in [7, 11) is 1.31. The van der Waals surface area contributed by atoms with Crippen LogP contribution in [0.2, 0.25) is 0 Å². The topological polar surface area (TPSA) is 73.9 Å². The van der Waals surface area contributed by atoms with Gasteiger partial charge in [-0.25, -0.2) is 9.18 Å². The van der Waals surface area contributed by atoms with E-state index >= 15 is 0 Å². The van der Waals surface area contributed by atoms with Crippen LogP contribution >= 0.6 is 0 Å². The maximum Gasteiger partial charge on any atom is 0.327 e. The average molecular weight is 367 g/mol. The van der Waals surface area contributed by atoms with Gasteiger partial charge in [0.1, 0.15) is 18.1 Å². The SMILES string of the molecule is COC(=O)C(NCCC1CC(CC=O)OC(C)(C)O1)c1ccc(F)cc1. The molecule has 1 heterocycles. The van der Waals surface area contributed by atoms with E-state index in [1.165, 1.54) is 19.2 Å². The highest BCUT2D eigenvalue weighted by Crippen LogP contribution is 2.29. The summed E-state index contributed by atoms with van der Waals surface area (Å²) in [5.41, 5.74) is 0.630. The molecule has 0 aromatic heterocycles. The first kappa shape index (κ1) is 20.5. The van der Waals surface area contributed by atoms with Gasteiger partial charge in [0.2, 0.25) is 0 Å². The fourth-order valence-electron chi connectivity index (χ4n) is 3.15. The fraction of sp³-hybridized carbons (Fsp3) is 0.579. The molecule has 1 aromatic carbocycles. The van der Waals surface area contributed by atoms with Crippen molar-refractivity contribution in [1.82, 2.24) is 5.32 Å². The van der Waals surface area contributed by atoms with Gasteiger partial charge in [-0.3, -0.25) is 0 Å². The minimum atomic E-state index is -0.755. The molecule has 0 radical (unpaired) electrons. The lowest BCUT2D eigenvalue weighted by atomic mass is 10.0. The third-order valence-electron chi connectivity index (χ3n) is 4.24. The number of hydrogen-bond donors (Lipinski definition) is 1. The summed E-state index contributed by atoms with van der Waals surface area (Å²) in [6.07, 6.45) is 2.16. The Kier molecular flexibility index (Phi) is 7.25. The molecule has 144 valence electrons. The lowest BCUT2D eigenvalue weighted by Gasteiger charge is -2.40. The molecule has 0 bridgehead atoms. The van der Waals surface area contributed by atoms with Gasteiger partial charge in [0.05, 0.1) is 19.3 Å². The van der Waals surface area contributed by atoms with E-state index in [1.807, 2.05) is 13.8 Å². The van der Waals surface area contributed by atoms with E-state index in [4.69, 9.17) is 14.2 Å².